The molecule has 0 amide bonds. The molecule has 3 rings (SSSR count). The van der Waals surface area contributed by atoms with E-state index in [9.17, 15) is 8.42 Å². The Kier molecular flexibility index (Phi) is 5.16. The second kappa shape index (κ2) is 6.86. The van der Waals surface area contributed by atoms with Crippen LogP contribution in [-0.2, 0) is 10.0 Å². The lowest BCUT2D eigenvalue weighted by atomic mass is 10.2. The number of benzene rings is 1. The van der Waals surface area contributed by atoms with Crippen LogP contribution in [0.5, 0.6) is 0 Å². The van der Waals surface area contributed by atoms with Gasteiger partial charge in [0.05, 0.1) is 19.9 Å². The van der Waals surface area contributed by atoms with Gasteiger partial charge in [-0.25, -0.2) is 8.42 Å². The predicted octanol–water partition coefficient (Wildman–Crippen LogP) is 6.55. The molecule has 0 unspecified atom stereocenters. The Morgan fingerprint density at radius 2 is 1.83 bits per heavy atom. The average Bonchev–Trinajstić information content (AvgIpc) is 3.05. The summed E-state index contributed by atoms with van der Waals surface area (Å²) >= 11 is 20.8. The fraction of sp³-hybridized carbons (Fsp3) is 0.0667. The first-order valence-electron chi connectivity index (χ1n) is 6.59. The van der Waals surface area contributed by atoms with Crippen LogP contribution >= 0.6 is 57.5 Å². The predicted molar refractivity (Wildman–Crippen MR) is 105 cm³/mol. The zero-order chi connectivity index (χ0) is 17.5. The third-order valence-corrected chi connectivity index (χ3v) is 7.69. The lowest BCUT2D eigenvalue weighted by Gasteiger charge is -2.12. The van der Waals surface area contributed by atoms with Gasteiger partial charge in [-0.1, -0.05) is 34.8 Å². The van der Waals surface area contributed by atoms with E-state index in [0.717, 1.165) is 9.75 Å². The second-order valence-corrected chi connectivity index (χ2v) is 10.0. The minimum Gasteiger partial charge on any atom is -0.278 e. The standard InChI is InChI=1S/C15H10Cl3NO2S3/c1-8-6-9(16)7-10(17)15(8)24(20,21)19-11-4-5-22-14(11)12-2-3-13(18)23-12/h2-7,19H,1H3. The fourth-order valence-corrected chi connectivity index (χ4v) is 6.60. The van der Waals surface area contributed by atoms with Gasteiger partial charge in [0.2, 0.25) is 0 Å². The van der Waals surface area contributed by atoms with Crippen molar-refractivity contribution in [2.45, 2.75) is 11.8 Å². The first kappa shape index (κ1) is 18.0. The van der Waals surface area contributed by atoms with Crippen molar-refractivity contribution in [3.8, 4) is 9.75 Å². The average molecular weight is 439 g/mol. The number of hydrogen-bond acceptors (Lipinski definition) is 4. The van der Waals surface area contributed by atoms with Crippen molar-refractivity contribution in [3.63, 3.8) is 0 Å². The van der Waals surface area contributed by atoms with Gasteiger partial charge in [0.1, 0.15) is 4.90 Å². The van der Waals surface area contributed by atoms with Crippen LogP contribution in [0.1, 0.15) is 5.56 Å². The highest BCUT2D eigenvalue weighted by molar-refractivity contribution is 7.93. The lowest BCUT2D eigenvalue weighted by molar-refractivity contribution is 0.600. The molecule has 0 radical (unpaired) electrons. The van der Waals surface area contributed by atoms with Crippen molar-refractivity contribution in [2.75, 3.05) is 4.72 Å². The Hall–Kier alpha value is -0.760. The van der Waals surface area contributed by atoms with E-state index < -0.39 is 10.0 Å². The molecule has 0 saturated heterocycles. The highest BCUT2D eigenvalue weighted by atomic mass is 35.5. The number of halogens is 3. The van der Waals surface area contributed by atoms with Crippen LogP contribution in [0.25, 0.3) is 9.75 Å². The van der Waals surface area contributed by atoms with Crippen molar-refractivity contribution in [3.05, 3.63) is 55.7 Å². The van der Waals surface area contributed by atoms with E-state index in [0.29, 0.717) is 20.6 Å². The Balaban J connectivity index is 2.02. The number of thiophene rings is 2. The Bertz CT molecular complexity index is 986. The molecule has 0 saturated carbocycles. The van der Waals surface area contributed by atoms with Crippen molar-refractivity contribution in [1.82, 2.24) is 0 Å². The van der Waals surface area contributed by atoms with Gasteiger partial charge in [0.15, 0.2) is 0 Å². The number of rotatable bonds is 4. The minimum atomic E-state index is -3.85. The van der Waals surface area contributed by atoms with Crippen LogP contribution in [0.4, 0.5) is 5.69 Å². The summed E-state index contributed by atoms with van der Waals surface area (Å²) in [5.41, 5.74) is 0.972. The molecule has 1 N–H and O–H groups in total. The summed E-state index contributed by atoms with van der Waals surface area (Å²) in [6.45, 7) is 1.65. The maximum absolute atomic E-state index is 12.8. The third kappa shape index (κ3) is 3.59. The molecule has 0 aliphatic heterocycles. The minimum absolute atomic E-state index is 0.0231. The molecule has 2 heterocycles. The van der Waals surface area contributed by atoms with E-state index in [2.05, 4.69) is 4.72 Å². The van der Waals surface area contributed by atoms with Crippen LogP contribution < -0.4 is 4.72 Å². The normalized spacial score (nSPS) is 11.7. The molecule has 3 aromatic rings. The zero-order valence-electron chi connectivity index (χ0n) is 12.1. The van der Waals surface area contributed by atoms with Gasteiger partial charge in [0, 0.05) is 9.90 Å². The lowest BCUT2D eigenvalue weighted by Crippen LogP contribution is -2.15. The molecule has 126 valence electrons. The summed E-state index contributed by atoms with van der Waals surface area (Å²) < 4.78 is 28.8. The van der Waals surface area contributed by atoms with E-state index in [1.807, 2.05) is 11.4 Å². The topological polar surface area (TPSA) is 46.2 Å². The van der Waals surface area contributed by atoms with Crippen molar-refractivity contribution in [1.29, 1.82) is 0 Å². The molecule has 0 bridgehead atoms. The molecule has 0 spiro atoms. The van der Waals surface area contributed by atoms with Gasteiger partial charge >= 0.3 is 0 Å². The van der Waals surface area contributed by atoms with Gasteiger partial charge < -0.3 is 0 Å². The van der Waals surface area contributed by atoms with Crippen molar-refractivity contribution >= 4 is 73.2 Å². The highest BCUT2D eigenvalue weighted by Crippen LogP contribution is 2.40. The molecule has 0 aliphatic carbocycles. The summed E-state index contributed by atoms with van der Waals surface area (Å²) in [6, 6.07) is 8.33. The van der Waals surface area contributed by atoms with Crippen LogP contribution in [0.3, 0.4) is 0 Å². The molecule has 2 aromatic heterocycles. The molecular weight excluding hydrogens is 429 g/mol. The SMILES string of the molecule is Cc1cc(Cl)cc(Cl)c1S(=O)(=O)Nc1ccsc1-c1ccc(Cl)s1. The largest absolute Gasteiger partial charge is 0.278 e. The van der Waals surface area contributed by atoms with E-state index in [4.69, 9.17) is 34.8 Å². The molecule has 3 nitrogen and oxygen atoms in total. The molecular formula is C15H10Cl3NO2S3. The van der Waals surface area contributed by atoms with Gasteiger partial charge in [0.25, 0.3) is 10.0 Å². The van der Waals surface area contributed by atoms with E-state index >= 15 is 0 Å². The first-order valence-corrected chi connectivity index (χ1v) is 10.9. The van der Waals surface area contributed by atoms with Gasteiger partial charge in [-0.2, -0.15) is 0 Å². The van der Waals surface area contributed by atoms with Gasteiger partial charge in [-0.05, 0) is 48.2 Å². The number of anilines is 1. The summed E-state index contributed by atoms with van der Waals surface area (Å²) in [7, 11) is -3.85. The molecule has 9 heteroatoms. The number of hydrogen-bond donors (Lipinski definition) is 1. The third-order valence-electron chi connectivity index (χ3n) is 3.17. The Morgan fingerprint density at radius 1 is 1.08 bits per heavy atom. The van der Waals surface area contributed by atoms with E-state index in [1.165, 1.54) is 28.7 Å². The van der Waals surface area contributed by atoms with E-state index in [1.54, 1.807) is 25.1 Å². The maximum Gasteiger partial charge on any atom is 0.263 e. The van der Waals surface area contributed by atoms with Crippen LogP contribution in [0.2, 0.25) is 14.4 Å². The summed E-state index contributed by atoms with van der Waals surface area (Å²) in [5.74, 6) is 0. The zero-order valence-corrected chi connectivity index (χ0v) is 16.9. The maximum atomic E-state index is 12.8. The second-order valence-electron chi connectivity index (χ2n) is 4.91. The number of sulfonamides is 1. The summed E-state index contributed by atoms with van der Waals surface area (Å²) in [6.07, 6.45) is 0. The fourth-order valence-electron chi connectivity index (χ4n) is 2.24. The monoisotopic (exact) mass is 437 g/mol. The number of nitrogens with one attached hydrogen (secondary N) is 1. The van der Waals surface area contributed by atoms with Gasteiger partial charge in [-0.15, -0.1) is 22.7 Å². The molecule has 1 aromatic carbocycles. The van der Waals surface area contributed by atoms with Crippen molar-refractivity contribution < 1.29 is 8.42 Å². The Labute approximate surface area is 162 Å². The number of aryl methyl sites for hydroxylation is 1. The van der Waals surface area contributed by atoms with E-state index in [-0.39, 0.29) is 9.92 Å². The highest BCUT2D eigenvalue weighted by Gasteiger charge is 2.23. The summed E-state index contributed by atoms with van der Waals surface area (Å²) in [4.78, 5) is 1.72. The van der Waals surface area contributed by atoms with Crippen LogP contribution in [0, 0.1) is 6.92 Å². The van der Waals surface area contributed by atoms with Crippen LogP contribution in [0.15, 0.2) is 40.6 Å². The summed E-state index contributed by atoms with van der Waals surface area (Å²) in [5, 5.41) is 2.29. The smallest absolute Gasteiger partial charge is 0.263 e. The van der Waals surface area contributed by atoms with Gasteiger partial charge in [-0.3, -0.25) is 4.72 Å². The molecule has 0 aliphatic rings. The quantitative estimate of drug-likeness (QED) is 0.502. The van der Waals surface area contributed by atoms with Crippen molar-refractivity contribution in [2.24, 2.45) is 0 Å². The molecule has 0 fully saturated rings. The molecule has 0 atom stereocenters. The first-order chi connectivity index (χ1) is 11.3. The Morgan fingerprint density at radius 3 is 2.46 bits per heavy atom. The molecule has 24 heavy (non-hydrogen) atoms. The van der Waals surface area contributed by atoms with Crippen LogP contribution in [-0.4, -0.2) is 8.42 Å².